The van der Waals surface area contributed by atoms with E-state index in [-0.39, 0.29) is 5.69 Å². The average molecular weight is 194 g/mol. The van der Waals surface area contributed by atoms with Crippen molar-refractivity contribution >= 4 is 11.3 Å². The number of hydrogen-bond donors (Lipinski definition) is 1. The van der Waals surface area contributed by atoms with Gasteiger partial charge in [0.25, 0.3) is 0 Å². The predicted octanol–water partition coefficient (Wildman–Crippen LogP) is 1.48. The Kier molecular flexibility index (Phi) is 2.31. The number of aromatic amines is 1. The molecule has 0 amide bonds. The average Bonchev–Trinajstić information content (AvgIpc) is 2.72. The van der Waals surface area contributed by atoms with Crippen LogP contribution in [0.15, 0.2) is 34.0 Å². The second-order valence-electron chi connectivity index (χ2n) is 2.84. The van der Waals surface area contributed by atoms with Crippen molar-refractivity contribution in [2.45, 2.75) is 13.0 Å². The first-order chi connectivity index (χ1) is 6.36. The van der Waals surface area contributed by atoms with Gasteiger partial charge < -0.3 is 4.98 Å². The van der Waals surface area contributed by atoms with Crippen LogP contribution in [0, 0.1) is 0 Å². The van der Waals surface area contributed by atoms with Crippen molar-refractivity contribution in [3.05, 3.63) is 45.3 Å². The highest BCUT2D eigenvalue weighted by molar-refractivity contribution is 7.07. The molecule has 0 radical (unpaired) electrons. The summed E-state index contributed by atoms with van der Waals surface area (Å²) in [5, 5.41) is 4.16. The van der Waals surface area contributed by atoms with Crippen LogP contribution in [0.3, 0.4) is 0 Å². The first kappa shape index (κ1) is 8.31. The molecule has 0 bridgehead atoms. The van der Waals surface area contributed by atoms with E-state index in [1.54, 1.807) is 28.3 Å². The van der Waals surface area contributed by atoms with Crippen molar-refractivity contribution in [2.24, 2.45) is 0 Å². The molecule has 2 rings (SSSR count). The van der Waals surface area contributed by atoms with Crippen LogP contribution < -0.4 is 5.69 Å². The molecule has 0 aliphatic carbocycles. The normalized spacial score (nSPS) is 10.5. The molecule has 2 aromatic rings. The number of hydrogen-bond acceptors (Lipinski definition) is 2. The number of nitrogens with zero attached hydrogens (tertiary/aromatic N) is 1. The number of thiophene rings is 1. The Bertz CT molecular complexity index is 413. The Balaban J connectivity index is 2.01. The highest BCUT2D eigenvalue weighted by Crippen LogP contribution is 2.06. The van der Waals surface area contributed by atoms with Gasteiger partial charge in [0.15, 0.2) is 0 Å². The van der Waals surface area contributed by atoms with Crippen LogP contribution in [0.2, 0.25) is 0 Å². The lowest BCUT2D eigenvalue weighted by Crippen LogP contribution is -2.17. The zero-order chi connectivity index (χ0) is 9.10. The first-order valence-corrected chi connectivity index (χ1v) is 5.05. The second kappa shape index (κ2) is 3.62. The molecule has 2 heterocycles. The largest absolute Gasteiger partial charge is 0.325 e. The minimum absolute atomic E-state index is 0.0322. The minimum atomic E-state index is -0.0322. The van der Waals surface area contributed by atoms with Crippen molar-refractivity contribution in [2.75, 3.05) is 0 Å². The van der Waals surface area contributed by atoms with E-state index in [1.807, 2.05) is 0 Å². The van der Waals surface area contributed by atoms with Gasteiger partial charge in [-0.15, -0.1) is 0 Å². The molecule has 0 saturated heterocycles. The van der Waals surface area contributed by atoms with Gasteiger partial charge in [-0.1, -0.05) is 0 Å². The molecule has 0 aliphatic rings. The van der Waals surface area contributed by atoms with Crippen LogP contribution in [-0.2, 0) is 13.0 Å². The third-order valence-corrected chi connectivity index (χ3v) is 2.68. The third-order valence-electron chi connectivity index (χ3n) is 1.94. The maximum atomic E-state index is 11.1. The molecule has 0 aromatic carbocycles. The van der Waals surface area contributed by atoms with Gasteiger partial charge in [-0.3, -0.25) is 4.57 Å². The lowest BCUT2D eigenvalue weighted by Gasteiger charge is -1.97. The number of aryl methyl sites for hydroxylation is 2. The molecule has 3 nitrogen and oxygen atoms in total. The van der Waals surface area contributed by atoms with Crippen LogP contribution >= 0.6 is 11.3 Å². The van der Waals surface area contributed by atoms with Crippen LogP contribution in [0.25, 0.3) is 0 Å². The van der Waals surface area contributed by atoms with Gasteiger partial charge in [0.05, 0.1) is 0 Å². The zero-order valence-electron chi connectivity index (χ0n) is 7.06. The number of rotatable bonds is 3. The number of nitrogens with one attached hydrogen (secondary N) is 1. The predicted molar refractivity (Wildman–Crippen MR) is 53.1 cm³/mol. The van der Waals surface area contributed by atoms with Crippen LogP contribution in [0.1, 0.15) is 5.56 Å². The fourth-order valence-electron chi connectivity index (χ4n) is 1.21. The Labute approximate surface area is 79.7 Å². The summed E-state index contributed by atoms with van der Waals surface area (Å²) in [6, 6.07) is 2.09. The summed E-state index contributed by atoms with van der Waals surface area (Å²) in [5.74, 6) is 0. The van der Waals surface area contributed by atoms with Gasteiger partial charge in [-0.2, -0.15) is 11.3 Å². The van der Waals surface area contributed by atoms with Gasteiger partial charge in [-0.25, -0.2) is 4.79 Å². The first-order valence-electron chi connectivity index (χ1n) is 4.11. The van der Waals surface area contributed by atoms with Crippen LogP contribution in [0.5, 0.6) is 0 Å². The van der Waals surface area contributed by atoms with Crippen LogP contribution in [-0.4, -0.2) is 9.55 Å². The molecule has 0 atom stereocenters. The van der Waals surface area contributed by atoms with Crippen molar-refractivity contribution in [1.29, 1.82) is 0 Å². The SMILES string of the molecule is O=c1[nH]ccn1CCc1ccsc1. The highest BCUT2D eigenvalue weighted by Gasteiger charge is 1.96. The summed E-state index contributed by atoms with van der Waals surface area (Å²) in [6.45, 7) is 0.749. The van der Waals surface area contributed by atoms with Gasteiger partial charge in [0.2, 0.25) is 0 Å². The highest BCUT2D eigenvalue weighted by atomic mass is 32.1. The number of aromatic nitrogens is 2. The lowest BCUT2D eigenvalue weighted by atomic mass is 10.2. The summed E-state index contributed by atoms with van der Waals surface area (Å²) in [7, 11) is 0. The monoisotopic (exact) mass is 194 g/mol. The fourth-order valence-corrected chi connectivity index (χ4v) is 1.91. The molecule has 0 spiro atoms. The number of H-pyrrole nitrogens is 1. The molecule has 1 N–H and O–H groups in total. The summed E-state index contributed by atoms with van der Waals surface area (Å²) in [6.07, 6.45) is 4.35. The zero-order valence-corrected chi connectivity index (χ0v) is 7.88. The summed E-state index contributed by atoms with van der Waals surface area (Å²) >= 11 is 1.69. The molecule has 68 valence electrons. The second-order valence-corrected chi connectivity index (χ2v) is 3.62. The van der Waals surface area contributed by atoms with E-state index in [0.29, 0.717) is 0 Å². The molecule has 0 unspecified atom stereocenters. The minimum Gasteiger partial charge on any atom is -0.313 e. The van der Waals surface area contributed by atoms with Crippen LogP contribution in [0.4, 0.5) is 0 Å². The third kappa shape index (κ3) is 1.89. The fraction of sp³-hybridized carbons (Fsp3) is 0.222. The van der Waals surface area contributed by atoms with E-state index >= 15 is 0 Å². The van der Waals surface area contributed by atoms with Crippen molar-refractivity contribution < 1.29 is 0 Å². The topological polar surface area (TPSA) is 37.8 Å². The van der Waals surface area contributed by atoms with E-state index in [9.17, 15) is 4.79 Å². The molecular formula is C9H10N2OS. The van der Waals surface area contributed by atoms with Crippen molar-refractivity contribution in [3.63, 3.8) is 0 Å². The molecular weight excluding hydrogens is 184 g/mol. The summed E-state index contributed by atoms with van der Waals surface area (Å²) in [5.41, 5.74) is 1.26. The van der Waals surface area contributed by atoms with Gasteiger partial charge >= 0.3 is 5.69 Å². The smallest absolute Gasteiger partial charge is 0.313 e. The lowest BCUT2D eigenvalue weighted by molar-refractivity contribution is 0.673. The van der Waals surface area contributed by atoms with Gasteiger partial charge in [0, 0.05) is 18.9 Å². The van der Waals surface area contributed by atoms with Crippen molar-refractivity contribution in [3.8, 4) is 0 Å². The molecule has 2 aromatic heterocycles. The number of imidazole rings is 1. The van der Waals surface area contributed by atoms with E-state index < -0.39 is 0 Å². The Hall–Kier alpha value is -1.29. The molecule has 0 aliphatic heterocycles. The molecule has 13 heavy (non-hydrogen) atoms. The van der Waals surface area contributed by atoms with E-state index in [0.717, 1.165) is 13.0 Å². The van der Waals surface area contributed by atoms with E-state index in [4.69, 9.17) is 0 Å². The van der Waals surface area contributed by atoms with E-state index in [1.165, 1.54) is 5.56 Å². The van der Waals surface area contributed by atoms with Crippen molar-refractivity contribution in [1.82, 2.24) is 9.55 Å². The van der Waals surface area contributed by atoms with Gasteiger partial charge in [0.1, 0.15) is 0 Å². The Morgan fingerprint density at radius 1 is 1.54 bits per heavy atom. The summed E-state index contributed by atoms with van der Waals surface area (Å²) < 4.78 is 1.68. The molecule has 0 fully saturated rings. The Morgan fingerprint density at radius 3 is 3.08 bits per heavy atom. The van der Waals surface area contributed by atoms with E-state index in [2.05, 4.69) is 21.8 Å². The molecule has 0 saturated carbocycles. The summed E-state index contributed by atoms with van der Waals surface area (Å²) in [4.78, 5) is 13.7. The maximum Gasteiger partial charge on any atom is 0.325 e. The van der Waals surface area contributed by atoms with Gasteiger partial charge in [-0.05, 0) is 28.8 Å². The maximum absolute atomic E-state index is 11.1. The Morgan fingerprint density at radius 2 is 2.46 bits per heavy atom. The quantitative estimate of drug-likeness (QED) is 0.789. The standard InChI is InChI=1S/C9H10N2OS/c12-9-10-3-5-11(9)4-1-8-2-6-13-7-8/h2-3,5-7H,1,4H2,(H,10,12). The molecule has 4 heteroatoms.